The van der Waals surface area contributed by atoms with Gasteiger partial charge in [-0.05, 0) is 60.0 Å². The van der Waals surface area contributed by atoms with Gasteiger partial charge in [-0.3, -0.25) is 9.69 Å². The fourth-order valence-corrected chi connectivity index (χ4v) is 6.37. The van der Waals surface area contributed by atoms with Gasteiger partial charge in [-0.15, -0.1) is 5.69 Å². The van der Waals surface area contributed by atoms with Gasteiger partial charge in [0.25, 0.3) is 0 Å². The van der Waals surface area contributed by atoms with Crippen molar-refractivity contribution in [3.8, 4) is 11.1 Å². The standard InChI is InChI=1S/C27H28ClN4O.C14H9F3O2/c1-31(18-24-25(28)22-17-21(29)13-14-23(22)32(24)2)26(20-11-7-4-8-12-20)27(33)30-16-15-19-9-5-3-6-10-19;15-14(16,17)10-7-5-9(6-8-10)11-3-1-2-4-12(11)13(18)19/h3-14,17,26,29H,15-16,18H2,1-2H3,(H,30,33);1-8H,(H,18,19)/q-1;. The fourth-order valence-electron chi connectivity index (χ4n) is 6.03. The summed E-state index contributed by atoms with van der Waals surface area (Å²) >= 11 is 6.73. The fraction of sp³-hybridized carbons (Fsp3) is 0.171. The Bertz CT molecular complexity index is 2140. The molecule has 3 N–H and O–H groups in total. The maximum absolute atomic E-state index is 13.3. The monoisotopic (exact) mass is 725 g/mol. The van der Waals surface area contributed by atoms with E-state index in [4.69, 9.17) is 22.4 Å². The molecule has 5 aromatic carbocycles. The summed E-state index contributed by atoms with van der Waals surface area (Å²) < 4.78 is 39.4. The molecule has 6 rings (SSSR count). The highest BCUT2D eigenvalue weighted by Gasteiger charge is 2.30. The molecule has 52 heavy (non-hydrogen) atoms. The molecule has 11 heteroatoms. The number of carboxylic acids is 1. The molecule has 0 saturated heterocycles. The van der Waals surface area contributed by atoms with Crippen molar-refractivity contribution in [1.29, 1.82) is 0 Å². The van der Waals surface area contributed by atoms with Crippen LogP contribution in [0.15, 0.2) is 127 Å². The summed E-state index contributed by atoms with van der Waals surface area (Å²) in [5.41, 5.74) is 12.5. The highest BCUT2D eigenvalue weighted by molar-refractivity contribution is 6.36. The normalized spacial score (nSPS) is 11.9. The average molecular weight is 726 g/mol. The second-order valence-electron chi connectivity index (χ2n) is 12.2. The van der Waals surface area contributed by atoms with Crippen LogP contribution >= 0.6 is 11.6 Å². The first kappa shape index (κ1) is 37.7. The Morgan fingerprint density at radius 3 is 2.13 bits per heavy atom. The van der Waals surface area contributed by atoms with E-state index in [0.29, 0.717) is 34.9 Å². The summed E-state index contributed by atoms with van der Waals surface area (Å²) in [4.78, 5) is 26.4. The van der Waals surface area contributed by atoms with Gasteiger partial charge in [-0.25, -0.2) is 4.79 Å². The quantitative estimate of drug-likeness (QED) is 0.147. The molecule has 7 nitrogen and oxygen atoms in total. The number of aryl methyl sites for hydroxylation is 1. The number of halogens is 4. The topological polar surface area (TPSA) is 98.4 Å². The van der Waals surface area contributed by atoms with Crippen molar-refractivity contribution < 1.29 is 27.9 Å². The molecule has 1 atom stereocenters. The number of hydrogen-bond acceptors (Lipinski definition) is 3. The van der Waals surface area contributed by atoms with Gasteiger partial charge in [-0.2, -0.15) is 13.2 Å². The number of nitrogens with zero attached hydrogens (tertiary/aromatic N) is 2. The van der Waals surface area contributed by atoms with Crippen LogP contribution in [0.25, 0.3) is 27.8 Å². The lowest BCUT2D eigenvalue weighted by molar-refractivity contribution is -0.137. The van der Waals surface area contributed by atoms with E-state index in [2.05, 4.69) is 17.4 Å². The molecule has 268 valence electrons. The highest BCUT2D eigenvalue weighted by Crippen LogP contribution is 2.35. The zero-order chi connectivity index (χ0) is 37.4. The second-order valence-corrected chi connectivity index (χ2v) is 12.6. The summed E-state index contributed by atoms with van der Waals surface area (Å²) in [6.45, 7) is 1.06. The number of fused-ring (bicyclic) bond motifs is 1. The van der Waals surface area contributed by atoms with Crippen LogP contribution in [0.5, 0.6) is 0 Å². The molecule has 0 fully saturated rings. The zero-order valence-electron chi connectivity index (χ0n) is 28.5. The van der Waals surface area contributed by atoms with Gasteiger partial charge in [-0.1, -0.05) is 115 Å². The maximum Gasteiger partial charge on any atom is 0.416 e. The lowest BCUT2D eigenvalue weighted by Gasteiger charge is -2.28. The number of hydrogen-bond donors (Lipinski definition) is 2. The molecule has 1 aromatic heterocycles. The highest BCUT2D eigenvalue weighted by atomic mass is 35.5. The number of rotatable bonds is 10. The first-order chi connectivity index (χ1) is 24.8. The number of benzene rings is 5. The number of alkyl halides is 3. The molecule has 0 bridgehead atoms. The van der Waals surface area contributed by atoms with Gasteiger partial charge in [0.2, 0.25) is 5.91 Å². The Hall–Kier alpha value is -5.58. The molecule has 6 aromatic rings. The Balaban J connectivity index is 0.000000233. The molecular weight excluding hydrogens is 689 g/mol. The number of aromatic nitrogens is 1. The van der Waals surface area contributed by atoms with Crippen LogP contribution < -0.4 is 5.32 Å². The Labute approximate surface area is 305 Å². The van der Waals surface area contributed by atoms with E-state index in [0.717, 1.165) is 40.7 Å². The minimum Gasteiger partial charge on any atom is -0.699 e. The number of likely N-dealkylation sites (N-methyl/N-ethyl adjacent to an activating group) is 1. The van der Waals surface area contributed by atoms with E-state index in [1.807, 2.05) is 78.2 Å². The number of carbonyl (C=O) groups is 2. The third-order valence-electron chi connectivity index (χ3n) is 8.69. The number of nitrogens with one attached hydrogen (secondary N) is 2. The summed E-state index contributed by atoms with van der Waals surface area (Å²) in [7, 11) is 3.91. The van der Waals surface area contributed by atoms with Crippen LogP contribution in [0.4, 0.5) is 18.9 Å². The summed E-state index contributed by atoms with van der Waals surface area (Å²) in [6.07, 6.45) is -3.62. The summed E-state index contributed by atoms with van der Waals surface area (Å²) in [5, 5.41) is 13.6. The van der Waals surface area contributed by atoms with Gasteiger partial charge in [0.1, 0.15) is 6.04 Å². The molecule has 0 aliphatic carbocycles. The van der Waals surface area contributed by atoms with Crippen LogP contribution in [0, 0.1) is 0 Å². The van der Waals surface area contributed by atoms with E-state index >= 15 is 0 Å². The van der Waals surface area contributed by atoms with Gasteiger partial charge >= 0.3 is 12.1 Å². The van der Waals surface area contributed by atoms with Gasteiger partial charge in [0.05, 0.1) is 21.8 Å². The van der Waals surface area contributed by atoms with Gasteiger partial charge in [0, 0.05) is 31.0 Å². The number of amides is 1. The lowest BCUT2D eigenvalue weighted by Crippen LogP contribution is -2.39. The van der Waals surface area contributed by atoms with E-state index in [1.54, 1.807) is 30.3 Å². The van der Waals surface area contributed by atoms with Crippen molar-refractivity contribution >= 4 is 40.1 Å². The zero-order valence-corrected chi connectivity index (χ0v) is 29.2. The Morgan fingerprint density at radius 2 is 1.50 bits per heavy atom. The van der Waals surface area contributed by atoms with Crippen LogP contribution in [-0.4, -0.2) is 40.0 Å². The number of carboxylic acid groups (broad SMARTS) is 1. The third kappa shape index (κ3) is 9.01. The van der Waals surface area contributed by atoms with Gasteiger partial charge < -0.3 is 20.7 Å². The SMILES string of the molecule is CN(Cc1c(Cl)c2cc([NH-])ccc2n1C)C(C(=O)NCCc1ccccc1)c1ccccc1.O=C(O)c1ccccc1-c1ccc(C(F)(F)F)cc1. The summed E-state index contributed by atoms with van der Waals surface area (Å²) in [6, 6.07) is 35.6. The van der Waals surface area contributed by atoms with Crippen molar-refractivity contribution in [3.63, 3.8) is 0 Å². The summed E-state index contributed by atoms with van der Waals surface area (Å²) in [5.74, 6) is -1.15. The molecule has 0 spiro atoms. The van der Waals surface area contributed by atoms with Crippen molar-refractivity contribution in [2.75, 3.05) is 13.6 Å². The number of aromatic carboxylic acids is 1. The van der Waals surface area contributed by atoms with E-state index in [1.165, 1.54) is 23.8 Å². The first-order valence-corrected chi connectivity index (χ1v) is 16.8. The van der Waals surface area contributed by atoms with E-state index < -0.39 is 23.8 Å². The molecule has 1 heterocycles. The molecular formula is C41H37ClF3N4O3-. The average Bonchev–Trinajstić information content (AvgIpc) is 3.36. The van der Waals surface area contributed by atoms with Crippen molar-refractivity contribution in [1.82, 2.24) is 14.8 Å². The smallest absolute Gasteiger partial charge is 0.416 e. The van der Waals surface area contributed by atoms with Crippen LogP contribution in [-0.2, 0) is 31.0 Å². The van der Waals surface area contributed by atoms with Gasteiger partial charge in [0.15, 0.2) is 0 Å². The van der Waals surface area contributed by atoms with Crippen LogP contribution in [0.1, 0.15) is 38.8 Å². The molecule has 0 aliphatic heterocycles. The third-order valence-corrected chi connectivity index (χ3v) is 9.11. The first-order valence-electron chi connectivity index (χ1n) is 16.4. The minimum atomic E-state index is -4.40. The van der Waals surface area contributed by atoms with Crippen molar-refractivity contribution in [2.45, 2.75) is 25.2 Å². The number of carbonyl (C=O) groups excluding carboxylic acids is 1. The Kier molecular flexibility index (Phi) is 12.0. The van der Waals surface area contributed by atoms with E-state index in [9.17, 15) is 22.8 Å². The largest absolute Gasteiger partial charge is 0.699 e. The molecule has 0 saturated carbocycles. The van der Waals surface area contributed by atoms with Crippen molar-refractivity contribution in [2.24, 2.45) is 7.05 Å². The lowest BCUT2D eigenvalue weighted by atomic mass is 9.99. The van der Waals surface area contributed by atoms with Crippen LogP contribution in [0.2, 0.25) is 5.02 Å². The van der Waals surface area contributed by atoms with Crippen molar-refractivity contribution in [3.05, 3.63) is 166 Å². The minimum absolute atomic E-state index is 0.0389. The molecule has 1 unspecified atom stereocenters. The van der Waals surface area contributed by atoms with Crippen LogP contribution in [0.3, 0.4) is 0 Å². The molecule has 1 amide bonds. The predicted molar refractivity (Wildman–Crippen MR) is 200 cm³/mol. The molecule has 0 aliphatic rings. The van der Waals surface area contributed by atoms with E-state index in [-0.39, 0.29) is 11.5 Å². The predicted octanol–water partition coefficient (Wildman–Crippen LogP) is 10.1. The second kappa shape index (κ2) is 16.6. The Morgan fingerprint density at radius 1 is 0.885 bits per heavy atom. The maximum atomic E-state index is 13.3. The molecule has 0 radical (unpaired) electrons.